The molecular formula is C25H53NO. The van der Waals surface area contributed by atoms with Gasteiger partial charge in [0.05, 0.1) is 0 Å². The monoisotopic (exact) mass is 383 g/mol. The molecule has 0 aliphatic heterocycles. The maximum absolute atomic E-state index is 5.95. The highest BCUT2D eigenvalue weighted by atomic mass is 16.5. The van der Waals surface area contributed by atoms with Crippen molar-refractivity contribution >= 4 is 0 Å². The normalized spacial score (nSPS) is 14.0. The zero-order valence-corrected chi connectivity index (χ0v) is 19.7. The molecule has 0 aromatic heterocycles. The van der Waals surface area contributed by atoms with Crippen molar-refractivity contribution in [3.8, 4) is 0 Å². The summed E-state index contributed by atoms with van der Waals surface area (Å²) >= 11 is 0. The second-order valence-electron chi connectivity index (χ2n) is 9.05. The lowest BCUT2D eigenvalue weighted by atomic mass is 9.83. The van der Waals surface area contributed by atoms with Crippen LogP contribution in [0.2, 0.25) is 0 Å². The van der Waals surface area contributed by atoms with Gasteiger partial charge in [-0.2, -0.15) is 0 Å². The van der Waals surface area contributed by atoms with Crippen LogP contribution in [-0.4, -0.2) is 38.8 Å². The molecule has 0 bridgehead atoms. The van der Waals surface area contributed by atoms with Crippen LogP contribution in [-0.2, 0) is 4.74 Å². The van der Waals surface area contributed by atoms with Crippen LogP contribution in [0.3, 0.4) is 0 Å². The van der Waals surface area contributed by atoms with Crippen molar-refractivity contribution < 1.29 is 4.74 Å². The quantitative estimate of drug-likeness (QED) is 0.188. The summed E-state index contributed by atoms with van der Waals surface area (Å²) in [5.74, 6) is 1.74. The molecular weight excluding hydrogens is 330 g/mol. The first-order valence-corrected chi connectivity index (χ1v) is 12.3. The Hall–Kier alpha value is -0.0800. The topological polar surface area (TPSA) is 12.5 Å². The van der Waals surface area contributed by atoms with E-state index >= 15 is 0 Å². The first-order valence-electron chi connectivity index (χ1n) is 12.3. The fourth-order valence-electron chi connectivity index (χ4n) is 4.03. The summed E-state index contributed by atoms with van der Waals surface area (Å²) in [5, 5.41) is 0. The Bertz CT molecular complexity index is 279. The van der Waals surface area contributed by atoms with Crippen molar-refractivity contribution in [1.29, 1.82) is 0 Å². The van der Waals surface area contributed by atoms with Gasteiger partial charge in [-0.25, -0.2) is 0 Å². The average Bonchev–Trinajstić information content (AvgIpc) is 2.65. The third-order valence-electron chi connectivity index (χ3n) is 6.02. The number of rotatable bonds is 21. The van der Waals surface area contributed by atoms with Crippen molar-refractivity contribution in [3.63, 3.8) is 0 Å². The summed E-state index contributed by atoms with van der Waals surface area (Å²) in [6.07, 6.45) is 20.8. The Labute approximate surface area is 172 Å². The van der Waals surface area contributed by atoms with Gasteiger partial charge in [0, 0.05) is 13.2 Å². The lowest BCUT2D eigenvalue weighted by molar-refractivity contribution is 0.101. The second kappa shape index (κ2) is 20.6. The minimum absolute atomic E-state index is 0.868. The van der Waals surface area contributed by atoms with Crippen molar-refractivity contribution in [3.05, 3.63) is 0 Å². The molecule has 0 aromatic rings. The van der Waals surface area contributed by atoms with Crippen LogP contribution in [0, 0.1) is 11.8 Å². The summed E-state index contributed by atoms with van der Waals surface area (Å²) in [6, 6.07) is 0. The molecule has 0 N–H and O–H groups in total. The van der Waals surface area contributed by atoms with Gasteiger partial charge in [-0.1, -0.05) is 104 Å². The lowest BCUT2D eigenvalue weighted by Gasteiger charge is -2.24. The first-order chi connectivity index (χ1) is 13.1. The molecule has 2 atom stereocenters. The second-order valence-corrected chi connectivity index (χ2v) is 9.05. The van der Waals surface area contributed by atoms with E-state index in [1.54, 1.807) is 0 Å². The van der Waals surface area contributed by atoms with Gasteiger partial charge in [0.25, 0.3) is 0 Å². The van der Waals surface area contributed by atoms with E-state index in [1.165, 1.54) is 89.9 Å². The summed E-state index contributed by atoms with van der Waals surface area (Å²) < 4.78 is 5.95. The molecule has 0 radical (unpaired) electrons. The molecule has 0 fully saturated rings. The molecule has 0 amide bonds. The van der Waals surface area contributed by atoms with E-state index in [0.717, 1.165) is 38.0 Å². The van der Waals surface area contributed by atoms with Gasteiger partial charge in [-0.3, -0.25) is 0 Å². The third kappa shape index (κ3) is 19.0. The van der Waals surface area contributed by atoms with Crippen LogP contribution >= 0.6 is 0 Å². The molecule has 0 aromatic carbocycles. The number of hydrogen-bond donors (Lipinski definition) is 0. The Balaban J connectivity index is 4.01. The molecule has 2 heteroatoms. The van der Waals surface area contributed by atoms with E-state index in [0.29, 0.717) is 0 Å². The zero-order valence-electron chi connectivity index (χ0n) is 19.7. The zero-order chi connectivity index (χ0) is 20.2. The molecule has 0 aliphatic rings. The molecule has 2 unspecified atom stereocenters. The fraction of sp³-hybridized carbons (Fsp3) is 1.00. The maximum atomic E-state index is 5.95. The summed E-state index contributed by atoms with van der Waals surface area (Å²) in [4.78, 5) is 2.24. The molecule has 2 nitrogen and oxygen atoms in total. The highest BCUT2D eigenvalue weighted by Crippen LogP contribution is 2.27. The van der Waals surface area contributed by atoms with E-state index in [-0.39, 0.29) is 0 Å². The molecule has 0 spiro atoms. The van der Waals surface area contributed by atoms with Crippen LogP contribution in [0.15, 0.2) is 0 Å². The van der Waals surface area contributed by atoms with Crippen LogP contribution < -0.4 is 0 Å². The first kappa shape index (κ1) is 26.9. The van der Waals surface area contributed by atoms with Crippen LogP contribution in [0.4, 0.5) is 0 Å². The minimum Gasteiger partial charge on any atom is -0.381 e. The Morgan fingerprint density at radius 3 is 1.81 bits per heavy atom. The van der Waals surface area contributed by atoms with Crippen molar-refractivity contribution in [2.75, 3.05) is 33.9 Å². The van der Waals surface area contributed by atoms with Gasteiger partial charge in [-0.05, 0) is 45.3 Å². The van der Waals surface area contributed by atoms with E-state index in [1.807, 2.05) is 0 Å². The number of unbranched alkanes of at least 4 members (excludes halogenated alkanes) is 9. The number of nitrogens with zero attached hydrogens (tertiary/aromatic N) is 1. The Morgan fingerprint density at radius 2 is 1.19 bits per heavy atom. The van der Waals surface area contributed by atoms with Gasteiger partial charge < -0.3 is 9.64 Å². The number of ether oxygens (including phenoxy) is 1. The molecule has 0 aliphatic carbocycles. The highest BCUT2D eigenvalue weighted by molar-refractivity contribution is 4.68. The average molecular weight is 384 g/mol. The van der Waals surface area contributed by atoms with Gasteiger partial charge >= 0.3 is 0 Å². The van der Waals surface area contributed by atoms with Gasteiger partial charge in [0.1, 0.15) is 0 Å². The van der Waals surface area contributed by atoms with E-state index in [2.05, 4.69) is 39.8 Å². The highest BCUT2D eigenvalue weighted by Gasteiger charge is 2.16. The largest absolute Gasteiger partial charge is 0.381 e. The predicted molar refractivity (Wildman–Crippen MR) is 123 cm³/mol. The van der Waals surface area contributed by atoms with E-state index in [4.69, 9.17) is 4.74 Å². The summed E-state index contributed by atoms with van der Waals surface area (Å²) in [6.45, 7) is 10.1. The maximum Gasteiger partial charge on any atom is 0.0478 e. The fourth-order valence-corrected chi connectivity index (χ4v) is 4.03. The van der Waals surface area contributed by atoms with Crippen LogP contribution in [0.25, 0.3) is 0 Å². The predicted octanol–water partition coefficient (Wildman–Crippen LogP) is 7.71. The molecule has 0 rings (SSSR count). The van der Waals surface area contributed by atoms with Gasteiger partial charge in [0.15, 0.2) is 0 Å². The summed E-state index contributed by atoms with van der Waals surface area (Å²) in [5.41, 5.74) is 0. The standard InChI is InChI=1S/C25H53NO/c1-6-8-10-12-13-14-16-19-25(24(3)18-15-11-9-7-2)20-23-27-22-17-21-26(4)5/h24-25H,6-23H2,1-5H3. The van der Waals surface area contributed by atoms with Crippen LogP contribution in [0.1, 0.15) is 117 Å². The minimum atomic E-state index is 0.868. The van der Waals surface area contributed by atoms with Gasteiger partial charge in [0.2, 0.25) is 0 Å². The van der Waals surface area contributed by atoms with E-state index < -0.39 is 0 Å². The summed E-state index contributed by atoms with van der Waals surface area (Å²) in [7, 11) is 4.27. The Morgan fingerprint density at radius 1 is 0.630 bits per heavy atom. The molecule has 27 heavy (non-hydrogen) atoms. The number of hydrogen-bond acceptors (Lipinski definition) is 2. The molecule has 0 saturated carbocycles. The molecule has 0 heterocycles. The van der Waals surface area contributed by atoms with Crippen molar-refractivity contribution in [2.45, 2.75) is 117 Å². The Kier molecular flexibility index (Phi) is 20.6. The van der Waals surface area contributed by atoms with Crippen molar-refractivity contribution in [1.82, 2.24) is 4.90 Å². The van der Waals surface area contributed by atoms with Crippen LogP contribution in [0.5, 0.6) is 0 Å². The third-order valence-corrected chi connectivity index (χ3v) is 6.02. The molecule has 0 saturated heterocycles. The van der Waals surface area contributed by atoms with E-state index in [9.17, 15) is 0 Å². The van der Waals surface area contributed by atoms with Crippen molar-refractivity contribution in [2.24, 2.45) is 11.8 Å². The smallest absolute Gasteiger partial charge is 0.0478 e. The SMILES string of the molecule is CCCCCCCCCC(CCOCCCN(C)C)C(C)CCCCCC. The lowest BCUT2D eigenvalue weighted by Crippen LogP contribution is -2.17. The molecule has 164 valence electrons. The van der Waals surface area contributed by atoms with Gasteiger partial charge in [-0.15, -0.1) is 0 Å².